The summed E-state index contributed by atoms with van der Waals surface area (Å²) in [5, 5.41) is 15.8. The van der Waals surface area contributed by atoms with E-state index in [-0.39, 0.29) is 24.1 Å². The molecule has 36 heavy (non-hydrogen) atoms. The van der Waals surface area contributed by atoms with Crippen LogP contribution in [-0.4, -0.2) is 44.9 Å². The Bertz CT molecular complexity index is 1430. The third-order valence-corrected chi connectivity index (χ3v) is 6.72. The van der Waals surface area contributed by atoms with Gasteiger partial charge in [0.15, 0.2) is 0 Å². The molecule has 1 N–H and O–H groups in total. The quantitative estimate of drug-likeness (QED) is 0.235. The summed E-state index contributed by atoms with van der Waals surface area (Å²) < 4.78 is 6.23. The molecule has 0 atom stereocenters. The van der Waals surface area contributed by atoms with Crippen molar-refractivity contribution in [3.05, 3.63) is 81.8 Å². The van der Waals surface area contributed by atoms with E-state index in [1.54, 1.807) is 12.1 Å². The van der Waals surface area contributed by atoms with Gasteiger partial charge in [0.05, 0.1) is 40.7 Å². The summed E-state index contributed by atoms with van der Waals surface area (Å²) in [5.41, 5.74) is 4.71. The molecule has 0 aliphatic carbocycles. The second-order valence-electron chi connectivity index (χ2n) is 7.81. The van der Waals surface area contributed by atoms with Crippen LogP contribution in [0.2, 0.25) is 10.0 Å². The molecule has 8 nitrogen and oxygen atoms in total. The number of amides is 1. The molecular weight excluding hydrogens is 521 g/mol. The lowest BCUT2D eigenvalue weighted by atomic mass is 10.0. The van der Waals surface area contributed by atoms with E-state index >= 15 is 0 Å². The van der Waals surface area contributed by atoms with Gasteiger partial charge in [-0.25, -0.2) is 0 Å². The number of tetrazole rings is 1. The first kappa shape index (κ1) is 25.7. The van der Waals surface area contributed by atoms with Gasteiger partial charge in [0.1, 0.15) is 0 Å². The van der Waals surface area contributed by atoms with E-state index in [1.807, 2.05) is 55.5 Å². The first-order valence-electron chi connectivity index (χ1n) is 10.8. The van der Waals surface area contributed by atoms with Crippen LogP contribution in [0.15, 0.2) is 65.8 Å². The minimum absolute atomic E-state index is 0.0670. The standard InChI is InChI=1S/C25H21Cl2N5O3S/c1-15-6-9-22(20(27)10-15)32-25(29-30-31-32)36-14-23(33)28-21-8-7-18(13-19(21)26)17-5-3-4-16(11-17)12-24(34)35-2/h3-11,13H,12,14H2,1-2H3,(H,28,33). The summed E-state index contributed by atoms with van der Waals surface area (Å²) in [7, 11) is 1.36. The van der Waals surface area contributed by atoms with Crippen molar-refractivity contribution in [2.75, 3.05) is 18.2 Å². The Morgan fingerprint density at radius 2 is 1.83 bits per heavy atom. The van der Waals surface area contributed by atoms with E-state index in [2.05, 4.69) is 20.8 Å². The molecular formula is C25H21Cl2N5O3S. The van der Waals surface area contributed by atoms with Crippen molar-refractivity contribution in [1.29, 1.82) is 0 Å². The molecule has 1 aromatic heterocycles. The number of benzene rings is 3. The van der Waals surface area contributed by atoms with Gasteiger partial charge >= 0.3 is 5.97 Å². The van der Waals surface area contributed by atoms with Crippen molar-refractivity contribution in [3.8, 4) is 16.8 Å². The van der Waals surface area contributed by atoms with Crippen LogP contribution < -0.4 is 5.32 Å². The molecule has 0 aliphatic rings. The van der Waals surface area contributed by atoms with Gasteiger partial charge in [-0.05, 0) is 63.9 Å². The van der Waals surface area contributed by atoms with Gasteiger partial charge in [-0.1, -0.05) is 71.4 Å². The number of anilines is 1. The molecule has 1 heterocycles. The highest BCUT2D eigenvalue weighted by Gasteiger charge is 2.15. The van der Waals surface area contributed by atoms with Crippen LogP contribution in [0.4, 0.5) is 5.69 Å². The second kappa shape index (κ2) is 11.6. The summed E-state index contributed by atoms with van der Waals surface area (Å²) in [6.07, 6.45) is 0.184. The minimum atomic E-state index is -0.308. The monoisotopic (exact) mass is 541 g/mol. The van der Waals surface area contributed by atoms with E-state index in [0.717, 1.165) is 22.3 Å². The SMILES string of the molecule is COC(=O)Cc1cccc(-c2ccc(NC(=O)CSc3nnnn3-c3ccc(C)cc3Cl)c(Cl)c2)c1. The molecule has 0 bridgehead atoms. The number of nitrogens with one attached hydrogen (secondary N) is 1. The second-order valence-corrected chi connectivity index (χ2v) is 9.57. The minimum Gasteiger partial charge on any atom is -0.469 e. The normalized spacial score (nSPS) is 10.8. The number of esters is 1. The molecule has 1 amide bonds. The van der Waals surface area contributed by atoms with Gasteiger partial charge in [0, 0.05) is 0 Å². The maximum Gasteiger partial charge on any atom is 0.309 e. The molecule has 184 valence electrons. The smallest absolute Gasteiger partial charge is 0.309 e. The highest BCUT2D eigenvalue weighted by Crippen LogP contribution is 2.30. The van der Waals surface area contributed by atoms with Gasteiger partial charge in [-0.2, -0.15) is 4.68 Å². The van der Waals surface area contributed by atoms with E-state index in [1.165, 1.54) is 23.6 Å². The summed E-state index contributed by atoms with van der Waals surface area (Å²) in [6, 6.07) is 18.5. The average molecular weight is 542 g/mol. The highest BCUT2D eigenvalue weighted by atomic mass is 35.5. The van der Waals surface area contributed by atoms with Crippen molar-refractivity contribution < 1.29 is 14.3 Å². The lowest BCUT2D eigenvalue weighted by molar-refractivity contribution is -0.139. The Morgan fingerprint density at radius 3 is 2.58 bits per heavy atom. The Labute approximate surface area is 221 Å². The fraction of sp³-hybridized carbons (Fsp3) is 0.160. The van der Waals surface area contributed by atoms with Gasteiger partial charge in [0.25, 0.3) is 0 Å². The van der Waals surface area contributed by atoms with Gasteiger partial charge < -0.3 is 10.1 Å². The summed E-state index contributed by atoms with van der Waals surface area (Å²) >= 11 is 14.0. The van der Waals surface area contributed by atoms with Crippen molar-refractivity contribution in [1.82, 2.24) is 20.2 Å². The molecule has 0 unspecified atom stereocenters. The van der Waals surface area contributed by atoms with E-state index in [9.17, 15) is 9.59 Å². The maximum absolute atomic E-state index is 12.6. The molecule has 0 saturated carbocycles. The Balaban J connectivity index is 1.41. The number of carbonyl (C=O) groups excluding carboxylic acids is 2. The number of thioether (sulfide) groups is 1. The largest absolute Gasteiger partial charge is 0.469 e. The number of carbonyl (C=O) groups is 2. The zero-order valence-electron chi connectivity index (χ0n) is 19.4. The zero-order chi connectivity index (χ0) is 25.7. The van der Waals surface area contributed by atoms with Crippen LogP contribution in [0.3, 0.4) is 0 Å². The number of ether oxygens (including phenoxy) is 1. The lowest BCUT2D eigenvalue weighted by Crippen LogP contribution is -2.15. The fourth-order valence-corrected chi connectivity index (χ4v) is 4.64. The topological polar surface area (TPSA) is 99.0 Å². The molecule has 3 aromatic carbocycles. The van der Waals surface area contributed by atoms with Crippen LogP contribution in [0.25, 0.3) is 16.8 Å². The number of hydrogen-bond donors (Lipinski definition) is 1. The molecule has 0 radical (unpaired) electrons. The van der Waals surface area contributed by atoms with Crippen molar-refractivity contribution in [2.45, 2.75) is 18.5 Å². The summed E-state index contributed by atoms with van der Waals surface area (Å²) in [5.74, 6) is -0.506. The molecule has 0 saturated heterocycles. The average Bonchev–Trinajstić information content (AvgIpc) is 3.32. The number of methoxy groups -OCH3 is 1. The maximum atomic E-state index is 12.6. The van der Waals surface area contributed by atoms with Gasteiger partial charge in [-0.15, -0.1) is 5.10 Å². The van der Waals surface area contributed by atoms with Crippen LogP contribution in [-0.2, 0) is 20.7 Å². The summed E-state index contributed by atoms with van der Waals surface area (Å²) in [6.45, 7) is 1.94. The highest BCUT2D eigenvalue weighted by molar-refractivity contribution is 7.99. The van der Waals surface area contributed by atoms with E-state index < -0.39 is 0 Å². The van der Waals surface area contributed by atoms with Crippen LogP contribution in [0, 0.1) is 6.92 Å². The predicted molar refractivity (Wildman–Crippen MR) is 141 cm³/mol. The Kier molecular flexibility index (Phi) is 8.25. The van der Waals surface area contributed by atoms with Crippen LogP contribution in [0.5, 0.6) is 0 Å². The third-order valence-electron chi connectivity index (χ3n) is 5.18. The Morgan fingerprint density at radius 1 is 1.03 bits per heavy atom. The Hall–Kier alpha value is -3.40. The van der Waals surface area contributed by atoms with Crippen molar-refractivity contribution >= 4 is 52.5 Å². The summed E-state index contributed by atoms with van der Waals surface area (Å²) in [4.78, 5) is 24.2. The van der Waals surface area contributed by atoms with Gasteiger partial charge in [0.2, 0.25) is 11.1 Å². The van der Waals surface area contributed by atoms with E-state index in [4.69, 9.17) is 27.9 Å². The zero-order valence-corrected chi connectivity index (χ0v) is 21.7. The number of hydrogen-bond acceptors (Lipinski definition) is 7. The molecule has 4 aromatic rings. The van der Waals surface area contributed by atoms with Crippen molar-refractivity contribution in [3.63, 3.8) is 0 Å². The number of nitrogens with zero attached hydrogens (tertiary/aromatic N) is 4. The molecule has 11 heteroatoms. The fourth-order valence-electron chi connectivity index (χ4n) is 3.42. The van der Waals surface area contributed by atoms with Crippen LogP contribution in [0.1, 0.15) is 11.1 Å². The molecule has 0 fully saturated rings. The lowest BCUT2D eigenvalue weighted by Gasteiger charge is -2.10. The van der Waals surface area contributed by atoms with E-state index in [0.29, 0.717) is 26.6 Å². The molecule has 4 rings (SSSR count). The number of halogens is 2. The van der Waals surface area contributed by atoms with Gasteiger partial charge in [-0.3, -0.25) is 9.59 Å². The first-order chi connectivity index (χ1) is 17.3. The molecule has 0 aliphatic heterocycles. The number of rotatable bonds is 8. The molecule has 0 spiro atoms. The van der Waals surface area contributed by atoms with Crippen LogP contribution >= 0.6 is 35.0 Å². The first-order valence-corrected chi connectivity index (χ1v) is 12.5. The van der Waals surface area contributed by atoms with Crippen molar-refractivity contribution in [2.24, 2.45) is 0 Å². The number of aryl methyl sites for hydroxylation is 1. The predicted octanol–water partition coefficient (Wildman–Crippen LogP) is 5.39. The number of aromatic nitrogens is 4. The third kappa shape index (κ3) is 6.23.